The summed E-state index contributed by atoms with van der Waals surface area (Å²) in [5, 5.41) is 0. The number of aromatic nitrogens is 1. The van der Waals surface area contributed by atoms with E-state index in [4.69, 9.17) is 0 Å². The molecule has 66 valence electrons. The highest BCUT2D eigenvalue weighted by Crippen LogP contribution is 2.26. The van der Waals surface area contributed by atoms with E-state index in [1.165, 1.54) is 10.4 Å². The fourth-order valence-corrected chi connectivity index (χ4v) is 2.22. The molecule has 13 heavy (non-hydrogen) atoms. The monoisotopic (exact) mass is 253 g/mol. The summed E-state index contributed by atoms with van der Waals surface area (Å²) in [7, 11) is 0. The Morgan fingerprint density at radius 2 is 2.23 bits per heavy atom. The smallest absolute Gasteiger partial charge is 0.0840 e. The molecule has 2 aromatic rings. The van der Waals surface area contributed by atoms with Crippen LogP contribution >= 0.6 is 27.3 Å². The van der Waals surface area contributed by atoms with Gasteiger partial charge in [-0.05, 0) is 19.1 Å². The second kappa shape index (κ2) is 3.60. The minimum Gasteiger partial charge on any atom is -0.244 e. The maximum Gasteiger partial charge on any atom is 0.0840 e. The molecule has 0 bridgehead atoms. The zero-order valence-electron chi connectivity index (χ0n) is 7.12. The summed E-state index contributed by atoms with van der Waals surface area (Å²) in [6.07, 6.45) is 0. The van der Waals surface area contributed by atoms with Crippen molar-refractivity contribution in [2.45, 2.75) is 6.92 Å². The minimum atomic E-state index is 1.09. The number of halogens is 1. The summed E-state index contributed by atoms with van der Waals surface area (Å²) < 4.78 is 1.09. The quantitative estimate of drug-likeness (QED) is 0.752. The van der Waals surface area contributed by atoms with Gasteiger partial charge in [-0.3, -0.25) is 0 Å². The Hall–Kier alpha value is -0.670. The fraction of sp³-hybridized carbons (Fsp3) is 0.100. The normalized spacial score (nSPS) is 10.3. The number of hydrogen-bond donors (Lipinski definition) is 0. The zero-order valence-corrected chi connectivity index (χ0v) is 9.52. The Balaban J connectivity index is 2.53. The lowest BCUT2D eigenvalue weighted by molar-refractivity contribution is 1.37. The van der Waals surface area contributed by atoms with E-state index in [0.29, 0.717) is 0 Å². The van der Waals surface area contributed by atoms with E-state index < -0.39 is 0 Å². The van der Waals surface area contributed by atoms with E-state index in [1.807, 2.05) is 17.6 Å². The number of nitrogens with zero attached hydrogens (tertiary/aromatic N) is 1. The van der Waals surface area contributed by atoms with Crippen molar-refractivity contribution in [3.8, 4) is 11.3 Å². The fourth-order valence-electron chi connectivity index (χ4n) is 1.22. The topological polar surface area (TPSA) is 12.9 Å². The number of aryl methyl sites for hydroxylation is 1. The van der Waals surface area contributed by atoms with Crippen LogP contribution in [-0.2, 0) is 0 Å². The Bertz CT molecular complexity index is 422. The molecule has 0 unspecified atom stereocenters. The summed E-state index contributed by atoms with van der Waals surface area (Å²) in [5.74, 6) is 0. The molecule has 0 aliphatic carbocycles. The van der Waals surface area contributed by atoms with Crippen LogP contribution in [0.5, 0.6) is 0 Å². The first-order valence-electron chi connectivity index (χ1n) is 3.93. The van der Waals surface area contributed by atoms with Crippen molar-refractivity contribution >= 4 is 27.3 Å². The SMILES string of the molecule is Cc1scnc1-c1cccc(Br)c1. The first-order valence-corrected chi connectivity index (χ1v) is 5.60. The maximum absolute atomic E-state index is 4.32. The summed E-state index contributed by atoms with van der Waals surface area (Å²) >= 11 is 5.13. The molecule has 0 aliphatic heterocycles. The molecule has 0 fully saturated rings. The Kier molecular flexibility index (Phi) is 2.47. The van der Waals surface area contributed by atoms with E-state index in [-0.39, 0.29) is 0 Å². The van der Waals surface area contributed by atoms with Gasteiger partial charge in [-0.1, -0.05) is 28.1 Å². The van der Waals surface area contributed by atoms with E-state index in [2.05, 4.69) is 40.0 Å². The molecule has 0 saturated carbocycles. The standard InChI is InChI=1S/C10H8BrNS/c1-7-10(12-6-13-7)8-3-2-4-9(11)5-8/h2-6H,1H3. The first kappa shape index (κ1) is 8.91. The molecule has 0 atom stereocenters. The predicted octanol–water partition coefficient (Wildman–Crippen LogP) is 3.88. The van der Waals surface area contributed by atoms with Crippen molar-refractivity contribution in [3.05, 3.63) is 39.1 Å². The summed E-state index contributed by atoms with van der Waals surface area (Å²) in [6, 6.07) is 8.21. The molecule has 2 rings (SSSR count). The molecule has 0 N–H and O–H groups in total. The van der Waals surface area contributed by atoms with E-state index >= 15 is 0 Å². The van der Waals surface area contributed by atoms with Crippen LogP contribution in [0.25, 0.3) is 11.3 Å². The van der Waals surface area contributed by atoms with Gasteiger partial charge in [-0.2, -0.15) is 0 Å². The van der Waals surface area contributed by atoms with Crippen molar-refractivity contribution in [1.29, 1.82) is 0 Å². The molecule has 0 amide bonds. The molecule has 3 heteroatoms. The largest absolute Gasteiger partial charge is 0.244 e. The molecule has 1 aromatic heterocycles. The summed E-state index contributed by atoms with van der Waals surface area (Å²) in [5.41, 5.74) is 4.14. The van der Waals surface area contributed by atoms with E-state index in [0.717, 1.165) is 10.2 Å². The third-order valence-electron chi connectivity index (χ3n) is 1.84. The van der Waals surface area contributed by atoms with Gasteiger partial charge in [-0.25, -0.2) is 4.98 Å². The molecule has 0 saturated heterocycles. The van der Waals surface area contributed by atoms with Crippen molar-refractivity contribution in [1.82, 2.24) is 4.98 Å². The summed E-state index contributed by atoms with van der Waals surface area (Å²) in [4.78, 5) is 5.59. The third kappa shape index (κ3) is 1.81. The lowest BCUT2D eigenvalue weighted by Crippen LogP contribution is -1.79. The van der Waals surface area contributed by atoms with Crippen LogP contribution < -0.4 is 0 Å². The Morgan fingerprint density at radius 3 is 2.85 bits per heavy atom. The molecule has 1 heterocycles. The highest BCUT2D eigenvalue weighted by Gasteiger charge is 2.03. The zero-order chi connectivity index (χ0) is 9.26. The molecule has 1 nitrogen and oxygen atoms in total. The van der Waals surface area contributed by atoms with Crippen LogP contribution in [0, 0.1) is 6.92 Å². The number of benzene rings is 1. The number of thiazole rings is 1. The van der Waals surface area contributed by atoms with Gasteiger partial charge in [-0.15, -0.1) is 11.3 Å². The van der Waals surface area contributed by atoms with Gasteiger partial charge in [0.15, 0.2) is 0 Å². The van der Waals surface area contributed by atoms with Crippen molar-refractivity contribution in [2.75, 3.05) is 0 Å². The average Bonchev–Trinajstić information content (AvgIpc) is 2.51. The van der Waals surface area contributed by atoms with Crippen LogP contribution in [0.4, 0.5) is 0 Å². The van der Waals surface area contributed by atoms with Gasteiger partial charge in [0.1, 0.15) is 0 Å². The highest BCUT2D eigenvalue weighted by molar-refractivity contribution is 9.10. The van der Waals surface area contributed by atoms with Crippen molar-refractivity contribution in [2.24, 2.45) is 0 Å². The van der Waals surface area contributed by atoms with Gasteiger partial charge in [0, 0.05) is 14.9 Å². The first-order chi connectivity index (χ1) is 6.27. The Labute approximate surface area is 89.6 Å². The van der Waals surface area contributed by atoms with Gasteiger partial charge < -0.3 is 0 Å². The third-order valence-corrected chi connectivity index (χ3v) is 3.09. The molecule has 0 spiro atoms. The second-order valence-electron chi connectivity index (χ2n) is 2.77. The van der Waals surface area contributed by atoms with Crippen LogP contribution in [0.1, 0.15) is 4.88 Å². The molecular formula is C10H8BrNS. The van der Waals surface area contributed by atoms with E-state index in [1.54, 1.807) is 11.3 Å². The second-order valence-corrected chi connectivity index (χ2v) is 4.74. The van der Waals surface area contributed by atoms with Gasteiger partial charge >= 0.3 is 0 Å². The highest BCUT2D eigenvalue weighted by atomic mass is 79.9. The number of hydrogen-bond acceptors (Lipinski definition) is 2. The van der Waals surface area contributed by atoms with Gasteiger partial charge in [0.05, 0.1) is 11.2 Å². The van der Waals surface area contributed by atoms with E-state index in [9.17, 15) is 0 Å². The lowest BCUT2D eigenvalue weighted by Gasteiger charge is -1.98. The summed E-state index contributed by atoms with van der Waals surface area (Å²) in [6.45, 7) is 2.09. The Morgan fingerprint density at radius 1 is 1.38 bits per heavy atom. The van der Waals surface area contributed by atoms with Crippen molar-refractivity contribution in [3.63, 3.8) is 0 Å². The van der Waals surface area contributed by atoms with Gasteiger partial charge in [0.2, 0.25) is 0 Å². The van der Waals surface area contributed by atoms with Crippen LogP contribution in [-0.4, -0.2) is 4.98 Å². The molecular weight excluding hydrogens is 246 g/mol. The van der Waals surface area contributed by atoms with Crippen molar-refractivity contribution < 1.29 is 0 Å². The lowest BCUT2D eigenvalue weighted by atomic mass is 10.1. The maximum atomic E-state index is 4.32. The van der Waals surface area contributed by atoms with Crippen LogP contribution in [0.2, 0.25) is 0 Å². The molecule has 0 radical (unpaired) electrons. The minimum absolute atomic E-state index is 1.09. The molecule has 0 aliphatic rings. The van der Waals surface area contributed by atoms with Crippen LogP contribution in [0.3, 0.4) is 0 Å². The predicted molar refractivity (Wildman–Crippen MR) is 60.0 cm³/mol. The number of rotatable bonds is 1. The average molecular weight is 254 g/mol. The van der Waals surface area contributed by atoms with Gasteiger partial charge in [0.25, 0.3) is 0 Å². The molecule has 1 aromatic carbocycles. The van der Waals surface area contributed by atoms with Crippen LogP contribution in [0.15, 0.2) is 34.2 Å².